The number of ether oxygens (including phenoxy) is 1. The van der Waals surface area contributed by atoms with Crippen LogP contribution in [0.15, 0.2) is 273 Å². The van der Waals surface area contributed by atoms with Gasteiger partial charge in [0.1, 0.15) is 17.3 Å². The van der Waals surface area contributed by atoms with Gasteiger partial charge in [-0.25, -0.2) is 4.98 Å². The second-order valence-electron chi connectivity index (χ2n) is 24.1. The van der Waals surface area contributed by atoms with Gasteiger partial charge in [0.15, 0.2) is 0 Å². The summed E-state index contributed by atoms with van der Waals surface area (Å²) < 4.78 is 40.8. The van der Waals surface area contributed by atoms with Crippen LogP contribution in [0.25, 0.3) is 94.4 Å². The van der Waals surface area contributed by atoms with Crippen molar-refractivity contribution in [2.45, 2.75) is 58.2 Å². The third-order valence-corrected chi connectivity index (χ3v) is 17.8. The van der Waals surface area contributed by atoms with Crippen molar-refractivity contribution in [3.05, 3.63) is 290 Å². The third kappa shape index (κ3) is 9.16. The molecule has 0 bridgehead atoms. The lowest BCUT2D eigenvalue weighted by atomic mass is 9.61. The number of hydrogen-bond acceptors (Lipinski definition) is 2. The molecule has 0 spiro atoms. The molecule has 0 unspecified atom stereocenters. The zero-order valence-electron chi connectivity index (χ0n) is 51.6. The molecule has 3 heterocycles. The molecule has 11 aromatic carbocycles. The predicted octanol–water partition coefficient (Wildman–Crippen LogP) is 21.5. The maximum absolute atomic E-state index is 9.13. The van der Waals surface area contributed by atoms with Gasteiger partial charge in [-0.2, -0.15) is 0 Å². The minimum atomic E-state index is -2.45. The highest BCUT2D eigenvalue weighted by molar-refractivity contribution is 6.16. The Morgan fingerprint density at radius 3 is 1.67 bits per heavy atom. The summed E-state index contributed by atoms with van der Waals surface area (Å²) >= 11 is 0. The second kappa shape index (κ2) is 21.0. The van der Waals surface area contributed by atoms with Crippen molar-refractivity contribution >= 4 is 50.6 Å². The van der Waals surface area contributed by atoms with Gasteiger partial charge in [0.25, 0.3) is 11.4 Å². The molecule has 0 atom stereocenters. The van der Waals surface area contributed by atoms with Gasteiger partial charge in [-0.3, -0.25) is 4.57 Å². The average molecular weight is 1110 g/mol. The molecule has 86 heavy (non-hydrogen) atoms. The van der Waals surface area contributed by atoms with Gasteiger partial charge in [-0.05, 0) is 167 Å². The van der Waals surface area contributed by atoms with Crippen LogP contribution in [0.1, 0.15) is 61.3 Å². The van der Waals surface area contributed by atoms with Crippen molar-refractivity contribution in [3.8, 4) is 84.1 Å². The smallest absolute Gasteiger partial charge is 0.457 e. The minimum Gasteiger partial charge on any atom is -0.457 e. The Kier molecular flexibility index (Phi) is 12.0. The predicted molar refractivity (Wildman–Crippen MR) is 359 cm³/mol. The highest BCUT2D eigenvalue weighted by Crippen LogP contribution is 2.51. The maximum Gasteiger partial charge on any atom is 0.503 e. The van der Waals surface area contributed by atoms with E-state index in [-0.39, 0.29) is 16.4 Å². The summed E-state index contributed by atoms with van der Waals surface area (Å²) in [6, 6.07) is 97.0. The minimum absolute atomic E-state index is 0.0569. The monoisotopic (exact) mass is 1110 g/mol. The van der Waals surface area contributed by atoms with Crippen molar-refractivity contribution < 1.29 is 8.85 Å². The molecular weight excluding hydrogens is 1040 g/mol. The molecule has 0 fully saturated rings. The van der Waals surface area contributed by atoms with Crippen molar-refractivity contribution in [1.82, 2.24) is 18.7 Å². The Hall–Kier alpha value is -10.5. The number of fused-ring (bicyclic) bond motifs is 5. The van der Waals surface area contributed by atoms with Gasteiger partial charge in [-0.15, -0.1) is 0 Å². The first-order valence-electron chi connectivity index (χ1n) is 31.2. The molecule has 0 saturated carbocycles. The van der Waals surface area contributed by atoms with E-state index in [1.54, 1.807) is 12.3 Å². The molecule has 0 saturated heterocycles. The fourth-order valence-electron chi connectivity index (χ4n) is 13.4. The van der Waals surface area contributed by atoms with Gasteiger partial charge in [0.05, 0.1) is 28.2 Å². The van der Waals surface area contributed by atoms with E-state index in [2.05, 4.69) is 284 Å². The molecule has 412 valence electrons. The van der Waals surface area contributed by atoms with Crippen molar-refractivity contribution in [2.75, 3.05) is 0 Å². The van der Waals surface area contributed by atoms with E-state index in [1.165, 1.54) is 11.1 Å². The fraction of sp³-hybridized carbons (Fsp3) is 0.111. The SMILES string of the molecule is [2H]C([2H])([2H])c1cc(-n2c3cc(Oc4cccc([N+]5=C=[N+](c6c(-c7ccccc7)cccc6-c6cc(-c7ccccc7)cc(-c7ccccc7)c6)c6ccccc65)c4)ccc3c3c(-c4ccccc4)cccc32)ncc1-c1cccc2c1C(C)(C)CCC2(C)C. The Morgan fingerprint density at radius 2 is 0.988 bits per heavy atom. The molecule has 1 aliphatic carbocycles. The lowest BCUT2D eigenvalue weighted by Crippen LogP contribution is -2.34. The standard InChI is InChI=1S/C81H64N4O/c1-54-46-76(82-52-70(54)68-37-22-38-71-78(68)81(4,5)45-44-80(71,2)3)85-74-41-23-34-65(57-28-14-8-15-29-57)77(74)69-43-42-64(51-75(69)85)86-63-33-20-32-62(50-63)83-53-84(73-40-19-18-39-72(73)83)79-66(58-30-16-9-17-31-58)35-21-36-67(79)61-48-59(55-24-10-6-11-25-55)47-60(49-61)56-26-12-7-13-27-56/h6-43,46-52H,44-45H2,1-5H3/q+2/i1D3. The summed E-state index contributed by atoms with van der Waals surface area (Å²) in [5.41, 5.74) is 20.6. The zero-order chi connectivity index (χ0) is 60.6. The second-order valence-corrected chi connectivity index (χ2v) is 24.1. The molecule has 13 aromatic rings. The van der Waals surface area contributed by atoms with E-state index in [0.717, 1.165) is 119 Å². The quantitative estimate of drug-likeness (QED) is 0.121. The Morgan fingerprint density at radius 1 is 0.442 bits per heavy atom. The summed E-state index contributed by atoms with van der Waals surface area (Å²) in [5.74, 6) is 1.75. The lowest BCUT2D eigenvalue weighted by molar-refractivity contribution is 0.333. The molecule has 2 aliphatic rings. The summed E-state index contributed by atoms with van der Waals surface area (Å²) in [5, 5.41) is 2.02. The topological polar surface area (TPSA) is 33.1 Å². The molecule has 5 heteroatoms. The number of hydrogen-bond donors (Lipinski definition) is 0. The summed E-state index contributed by atoms with van der Waals surface area (Å²) in [6.45, 7) is 6.71. The molecule has 2 aromatic heterocycles. The first-order chi connectivity index (χ1) is 43.3. The van der Waals surface area contributed by atoms with Crippen LogP contribution < -0.4 is 13.9 Å². The molecule has 0 amide bonds. The third-order valence-electron chi connectivity index (χ3n) is 17.8. The van der Waals surface area contributed by atoms with E-state index >= 15 is 0 Å². The van der Waals surface area contributed by atoms with Crippen LogP contribution in [-0.4, -0.2) is 15.6 Å². The number of benzene rings is 11. The van der Waals surface area contributed by atoms with Crippen LogP contribution in [0, 0.1) is 6.85 Å². The van der Waals surface area contributed by atoms with Gasteiger partial charge >= 0.3 is 6.01 Å². The van der Waals surface area contributed by atoms with Crippen molar-refractivity contribution in [2.24, 2.45) is 0 Å². The first kappa shape index (κ1) is 49.0. The van der Waals surface area contributed by atoms with Gasteiger partial charge in [0.2, 0.25) is 11.4 Å². The van der Waals surface area contributed by atoms with E-state index in [1.807, 2.05) is 24.3 Å². The van der Waals surface area contributed by atoms with Crippen LogP contribution in [0.4, 0.5) is 22.7 Å². The van der Waals surface area contributed by atoms with E-state index in [4.69, 9.17) is 13.8 Å². The Bertz CT molecular complexity index is 4940. The highest BCUT2D eigenvalue weighted by atomic mass is 16.5. The number of aryl methyl sites for hydroxylation is 1. The molecule has 15 rings (SSSR count). The van der Waals surface area contributed by atoms with E-state index in [9.17, 15) is 0 Å². The average Bonchev–Trinajstić information content (AvgIpc) is 1.81. The summed E-state index contributed by atoms with van der Waals surface area (Å²) in [6.07, 6.45) is 3.84. The number of pyridine rings is 1. The highest BCUT2D eigenvalue weighted by Gasteiger charge is 2.41. The Balaban J connectivity index is 0.876. The largest absolute Gasteiger partial charge is 0.503 e. The molecule has 5 nitrogen and oxygen atoms in total. The van der Waals surface area contributed by atoms with Gasteiger partial charge < -0.3 is 4.74 Å². The molecule has 0 N–H and O–H groups in total. The first-order valence-corrected chi connectivity index (χ1v) is 29.7. The zero-order valence-corrected chi connectivity index (χ0v) is 48.6. The van der Waals surface area contributed by atoms with E-state index < -0.39 is 6.85 Å². The number of nitrogens with zero attached hydrogens (tertiary/aromatic N) is 4. The van der Waals surface area contributed by atoms with Gasteiger partial charge in [-0.1, -0.05) is 204 Å². The normalized spacial score (nSPS) is 14.6. The van der Waals surface area contributed by atoms with Gasteiger partial charge in [0, 0.05) is 50.9 Å². The number of para-hydroxylation sites is 3. The lowest BCUT2D eigenvalue weighted by Gasteiger charge is -2.43. The van der Waals surface area contributed by atoms with E-state index in [0.29, 0.717) is 22.9 Å². The molecule has 0 radical (unpaired) electrons. The fourth-order valence-corrected chi connectivity index (χ4v) is 13.4. The van der Waals surface area contributed by atoms with Crippen molar-refractivity contribution in [1.29, 1.82) is 0 Å². The number of aromatic nitrogens is 2. The van der Waals surface area contributed by atoms with Crippen LogP contribution in [0.3, 0.4) is 0 Å². The summed E-state index contributed by atoms with van der Waals surface area (Å²) in [7, 11) is 0. The molecule has 1 aliphatic heterocycles. The Labute approximate surface area is 507 Å². The van der Waals surface area contributed by atoms with Crippen LogP contribution >= 0.6 is 0 Å². The maximum atomic E-state index is 9.13. The van der Waals surface area contributed by atoms with Crippen molar-refractivity contribution in [3.63, 3.8) is 0 Å². The van der Waals surface area contributed by atoms with Crippen LogP contribution in [0.5, 0.6) is 11.5 Å². The van der Waals surface area contributed by atoms with Crippen LogP contribution in [0.2, 0.25) is 0 Å². The molecular formula is C81H64N4O+2. The van der Waals surface area contributed by atoms with Crippen LogP contribution in [-0.2, 0) is 10.8 Å². The summed E-state index contributed by atoms with van der Waals surface area (Å²) in [4.78, 5) is 5.26. The number of rotatable bonds is 11.